The Kier molecular flexibility index (Phi) is 1.31. The second kappa shape index (κ2) is 2.19. The quantitative estimate of drug-likeness (QED) is 0.532. The molecule has 0 fully saturated rings. The van der Waals surface area contributed by atoms with Crippen LogP contribution in [0.2, 0.25) is 0 Å². The third-order valence-electron chi connectivity index (χ3n) is 2.06. The Hall–Kier alpha value is -1.11. The molecular formula is C10H11N. The third kappa shape index (κ3) is 0.967. The van der Waals surface area contributed by atoms with Crippen molar-refractivity contribution in [2.75, 3.05) is 0 Å². The topological polar surface area (TPSA) is 12.4 Å². The van der Waals surface area contributed by atoms with Crippen LogP contribution in [0.1, 0.15) is 16.7 Å². The van der Waals surface area contributed by atoms with Gasteiger partial charge in [-0.1, -0.05) is 17.7 Å². The van der Waals surface area contributed by atoms with E-state index in [0.29, 0.717) is 0 Å². The minimum absolute atomic E-state index is 1.01. The second-order valence-corrected chi connectivity index (χ2v) is 3.11. The van der Waals surface area contributed by atoms with Crippen molar-refractivity contribution in [3.63, 3.8) is 0 Å². The number of aliphatic imine (C=N–C) groups is 1. The Morgan fingerprint density at radius 3 is 2.91 bits per heavy atom. The lowest BCUT2D eigenvalue weighted by Gasteiger charge is -2.02. The summed E-state index contributed by atoms with van der Waals surface area (Å²) in [5.74, 6) is 0. The highest BCUT2D eigenvalue weighted by molar-refractivity contribution is 5.77. The number of hydrogen-bond donors (Lipinski definition) is 0. The van der Waals surface area contributed by atoms with Crippen LogP contribution in [-0.4, -0.2) is 6.21 Å². The molecule has 0 bridgehead atoms. The number of nitrogens with zero attached hydrogens (tertiary/aromatic N) is 1. The summed E-state index contributed by atoms with van der Waals surface area (Å²) in [5.41, 5.74) is 5.21. The normalized spacial score (nSPS) is 13.6. The van der Waals surface area contributed by atoms with Gasteiger partial charge in [0.25, 0.3) is 0 Å². The van der Waals surface area contributed by atoms with Gasteiger partial charge in [-0.15, -0.1) is 0 Å². The number of rotatable bonds is 0. The monoisotopic (exact) mass is 145 g/mol. The summed E-state index contributed by atoms with van der Waals surface area (Å²) in [6.45, 7) is 4.25. The van der Waals surface area contributed by atoms with Crippen LogP contribution in [-0.2, 0) is 6.42 Å². The van der Waals surface area contributed by atoms with E-state index in [1.54, 1.807) is 0 Å². The van der Waals surface area contributed by atoms with Crippen LogP contribution in [0.4, 0.5) is 5.69 Å². The van der Waals surface area contributed by atoms with E-state index in [1.807, 2.05) is 6.21 Å². The number of hydrogen-bond acceptors (Lipinski definition) is 1. The zero-order valence-electron chi connectivity index (χ0n) is 6.89. The van der Waals surface area contributed by atoms with Gasteiger partial charge in [0.15, 0.2) is 0 Å². The van der Waals surface area contributed by atoms with Gasteiger partial charge in [-0.25, -0.2) is 0 Å². The summed E-state index contributed by atoms with van der Waals surface area (Å²) in [6.07, 6.45) is 3.00. The van der Waals surface area contributed by atoms with Crippen LogP contribution >= 0.6 is 0 Å². The maximum absolute atomic E-state index is 4.31. The van der Waals surface area contributed by atoms with Crippen molar-refractivity contribution in [1.29, 1.82) is 0 Å². The molecule has 1 aliphatic rings. The molecule has 0 N–H and O–H groups in total. The summed E-state index contributed by atoms with van der Waals surface area (Å²) < 4.78 is 0. The Morgan fingerprint density at radius 1 is 1.27 bits per heavy atom. The summed E-state index contributed by atoms with van der Waals surface area (Å²) in [4.78, 5) is 4.31. The summed E-state index contributed by atoms with van der Waals surface area (Å²) in [7, 11) is 0. The molecule has 0 saturated carbocycles. The fourth-order valence-electron chi connectivity index (χ4n) is 1.62. The zero-order chi connectivity index (χ0) is 7.84. The van der Waals surface area contributed by atoms with Gasteiger partial charge in [-0.3, -0.25) is 4.99 Å². The van der Waals surface area contributed by atoms with Gasteiger partial charge in [-0.05, 0) is 25.0 Å². The van der Waals surface area contributed by atoms with E-state index in [2.05, 4.69) is 31.0 Å². The molecule has 1 nitrogen and oxygen atoms in total. The van der Waals surface area contributed by atoms with E-state index >= 15 is 0 Å². The number of aryl methyl sites for hydroxylation is 2. The van der Waals surface area contributed by atoms with Gasteiger partial charge in [0, 0.05) is 12.6 Å². The van der Waals surface area contributed by atoms with Gasteiger partial charge >= 0.3 is 0 Å². The molecule has 0 aliphatic carbocycles. The predicted molar refractivity (Wildman–Crippen MR) is 47.8 cm³/mol. The Balaban J connectivity index is 2.67. The van der Waals surface area contributed by atoms with Crippen molar-refractivity contribution >= 4 is 11.9 Å². The van der Waals surface area contributed by atoms with E-state index in [4.69, 9.17) is 0 Å². The van der Waals surface area contributed by atoms with Crippen LogP contribution < -0.4 is 0 Å². The van der Waals surface area contributed by atoms with Gasteiger partial charge in [-0.2, -0.15) is 0 Å². The highest BCUT2D eigenvalue weighted by atomic mass is 14.8. The van der Waals surface area contributed by atoms with Crippen molar-refractivity contribution in [3.05, 3.63) is 28.8 Å². The van der Waals surface area contributed by atoms with E-state index in [9.17, 15) is 0 Å². The molecule has 0 unspecified atom stereocenters. The highest BCUT2D eigenvalue weighted by Crippen LogP contribution is 2.28. The second-order valence-electron chi connectivity index (χ2n) is 3.11. The summed E-state index contributed by atoms with van der Waals surface area (Å²) >= 11 is 0. The van der Waals surface area contributed by atoms with Crippen LogP contribution in [0.5, 0.6) is 0 Å². The average molecular weight is 145 g/mol. The van der Waals surface area contributed by atoms with Crippen molar-refractivity contribution in [2.45, 2.75) is 20.3 Å². The smallest absolute Gasteiger partial charge is 0.0690 e. The van der Waals surface area contributed by atoms with Gasteiger partial charge in [0.1, 0.15) is 0 Å². The van der Waals surface area contributed by atoms with E-state index in [1.165, 1.54) is 22.4 Å². The molecule has 0 amide bonds. The van der Waals surface area contributed by atoms with Crippen LogP contribution in [0.15, 0.2) is 17.1 Å². The maximum atomic E-state index is 4.31. The largest absolute Gasteiger partial charge is 0.260 e. The minimum atomic E-state index is 1.01. The first kappa shape index (κ1) is 6.59. The number of fused-ring (bicyclic) bond motifs is 1. The van der Waals surface area contributed by atoms with Crippen molar-refractivity contribution in [2.24, 2.45) is 4.99 Å². The third-order valence-corrected chi connectivity index (χ3v) is 2.06. The standard InChI is InChI=1S/C10H11N/c1-7-5-8(2)10-9(6-7)3-4-11-10/h4-6H,3H2,1-2H3. The molecular weight excluding hydrogens is 134 g/mol. The molecule has 11 heavy (non-hydrogen) atoms. The molecule has 56 valence electrons. The van der Waals surface area contributed by atoms with Crippen LogP contribution in [0.25, 0.3) is 0 Å². The van der Waals surface area contributed by atoms with E-state index < -0.39 is 0 Å². The first-order chi connectivity index (χ1) is 5.27. The SMILES string of the molecule is Cc1cc(C)c2c(c1)CC=N2. The molecule has 1 heterocycles. The van der Waals surface area contributed by atoms with Crippen molar-refractivity contribution in [1.82, 2.24) is 0 Å². The maximum Gasteiger partial charge on any atom is 0.0690 e. The molecule has 0 radical (unpaired) electrons. The summed E-state index contributed by atoms with van der Waals surface area (Å²) in [5, 5.41) is 0. The first-order valence-corrected chi connectivity index (χ1v) is 3.90. The van der Waals surface area contributed by atoms with E-state index in [0.717, 1.165) is 6.42 Å². The Morgan fingerprint density at radius 2 is 2.09 bits per heavy atom. The molecule has 1 aromatic rings. The van der Waals surface area contributed by atoms with Gasteiger partial charge < -0.3 is 0 Å². The van der Waals surface area contributed by atoms with Crippen LogP contribution in [0, 0.1) is 13.8 Å². The molecule has 0 saturated heterocycles. The molecule has 0 spiro atoms. The highest BCUT2D eigenvalue weighted by Gasteiger charge is 2.08. The predicted octanol–water partition coefficient (Wildman–Crippen LogP) is 2.56. The molecule has 1 heteroatoms. The lowest BCUT2D eigenvalue weighted by Crippen LogP contribution is -1.83. The molecule has 1 aromatic carbocycles. The van der Waals surface area contributed by atoms with Crippen LogP contribution in [0.3, 0.4) is 0 Å². The fraction of sp³-hybridized carbons (Fsp3) is 0.300. The van der Waals surface area contributed by atoms with Gasteiger partial charge in [0.2, 0.25) is 0 Å². The first-order valence-electron chi connectivity index (χ1n) is 3.90. The van der Waals surface area contributed by atoms with Crippen molar-refractivity contribution in [3.8, 4) is 0 Å². The van der Waals surface area contributed by atoms with E-state index in [-0.39, 0.29) is 0 Å². The fourth-order valence-corrected chi connectivity index (χ4v) is 1.62. The molecule has 1 aliphatic heterocycles. The Labute approximate surface area is 66.8 Å². The molecule has 0 aromatic heterocycles. The lowest BCUT2D eigenvalue weighted by molar-refractivity contribution is 1.30. The minimum Gasteiger partial charge on any atom is -0.260 e. The average Bonchev–Trinajstić information content (AvgIpc) is 2.34. The zero-order valence-corrected chi connectivity index (χ0v) is 6.89. The lowest BCUT2D eigenvalue weighted by atomic mass is 10.0. The van der Waals surface area contributed by atoms with Gasteiger partial charge in [0.05, 0.1) is 5.69 Å². The molecule has 0 atom stereocenters. The summed E-state index contributed by atoms with van der Waals surface area (Å²) in [6, 6.07) is 4.40. The Bertz CT molecular complexity index is 324. The van der Waals surface area contributed by atoms with Crippen molar-refractivity contribution < 1.29 is 0 Å². The number of benzene rings is 1. The molecule has 2 rings (SSSR count).